The molecule has 308 valence electrons. The van der Waals surface area contributed by atoms with Gasteiger partial charge in [-0.05, 0) is 91.6 Å². The molecule has 0 atom stereocenters. The minimum atomic E-state index is -0.0833. The van der Waals surface area contributed by atoms with Gasteiger partial charge in [-0.2, -0.15) is 0 Å². The van der Waals surface area contributed by atoms with Crippen molar-refractivity contribution in [3.8, 4) is 0 Å². The molecule has 0 saturated heterocycles. The van der Waals surface area contributed by atoms with Crippen molar-refractivity contribution in [2.45, 2.75) is 247 Å². The Labute approximate surface area is 346 Å². The summed E-state index contributed by atoms with van der Waals surface area (Å²) >= 11 is 0. The lowest BCUT2D eigenvalue weighted by Gasteiger charge is -2.11. The summed E-state index contributed by atoms with van der Waals surface area (Å²) in [5.74, 6) is 0. The number of unbranched alkanes of at least 4 members (excludes halogenated alkanes) is 27. The Kier molecular flexibility index (Phi) is 28.5. The van der Waals surface area contributed by atoms with Gasteiger partial charge in [0.2, 0.25) is 0 Å². The van der Waals surface area contributed by atoms with Gasteiger partial charge >= 0.3 is 0 Å². The van der Waals surface area contributed by atoms with Gasteiger partial charge in [0.15, 0.2) is 14.7 Å². The molecule has 0 bridgehead atoms. The second kappa shape index (κ2) is 33.0. The zero-order chi connectivity index (χ0) is 38.9. The van der Waals surface area contributed by atoms with E-state index in [2.05, 4.69) is 93.6 Å². The van der Waals surface area contributed by atoms with Crippen LogP contribution >= 0.6 is 0 Å². The van der Waals surface area contributed by atoms with Gasteiger partial charge in [-0.15, -0.1) is 0 Å². The molecule has 0 fully saturated rings. The highest BCUT2D eigenvalue weighted by atomic mass is 32.2. The largest absolute Gasteiger partial charge is 0.166 e. The van der Waals surface area contributed by atoms with Gasteiger partial charge in [-0.25, -0.2) is 0 Å². The lowest BCUT2D eigenvalue weighted by Crippen LogP contribution is -2.05. The first-order chi connectivity index (χ1) is 27.2. The Morgan fingerprint density at radius 3 is 0.618 bits per heavy atom. The van der Waals surface area contributed by atoms with Crippen LogP contribution in [0.2, 0.25) is 0 Å². The molecular weight excluding hydrogens is 681 g/mol. The Hall–Kier alpha value is -1.99. The Morgan fingerprint density at radius 2 is 0.418 bits per heavy atom. The maximum absolute atomic E-state index is 2.45. The van der Waals surface area contributed by atoms with Crippen LogP contribution in [0, 0.1) is 0 Å². The van der Waals surface area contributed by atoms with Gasteiger partial charge in [-0.1, -0.05) is 231 Å². The van der Waals surface area contributed by atoms with Gasteiger partial charge in [0.05, 0.1) is 10.9 Å². The third kappa shape index (κ3) is 22.5. The molecule has 0 nitrogen and oxygen atoms in total. The highest BCUT2D eigenvalue weighted by Crippen LogP contribution is 2.32. The predicted molar refractivity (Wildman–Crippen MR) is 248 cm³/mol. The zero-order valence-electron chi connectivity index (χ0n) is 36.7. The third-order valence-corrected chi connectivity index (χ3v) is 14.2. The van der Waals surface area contributed by atoms with E-state index in [0.717, 1.165) is 0 Å². The molecule has 1 heteroatoms. The molecule has 0 aliphatic carbocycles. The fourth-order valence-electron chi connectivity index (χ4n) is 8.23. The van der Waals surface area contributed by atoms with E-state index in [1.807, 2.05) is 0 Å². The summed E-state index contributed by atoms with van der Waals surface area (Å²) in [6.07, 6.45) is 45.7. The molecule has 0 aliphatic rings. The number of aryl methyl sites for hydroxylation is 3. The van der Waals surface area contributed by atoms with E-state index in [9.17, 15) is 0 Å². The molecule has 3 aromatic carbocycles. The molecule has 0 N–H and O–H groups in total. The van der Waals surface area contributed by atoms with E-state index in [0.29, 0.717) is 0 Å². The van der Waals surface area contributed by atoms with E-state index >= 15 is 0 Å². The van der Waals surface area contributed by atoms with Crippen molar-refractivity contribution in [2.24, 2.45) is 0 Å². The molecule has 0 aliphatic heterocycles. The smallest absolute Gasteiger partial charge is 0.0654 e. The second-order valence-corrected chi connectivity index (χ2v) is 19.1. The normalized spacial score (nSPS) is 11.6. The maximum Gasteiger partial charge on any atom is 0.166 e. The molecule has 3 rings (SSSR count). The highest BCUT2D eigenvalue weighted by molar-refractivity contribution is 7.97. The van der Waals surface area contributed by atoms with Crippen molar-refractivity contribution in [3.63, 3.8) is 0 Å². The average molecular weight is 768 g/mol. The summed E-state index contributed by atoms with van der Waals surface area (Å²) in [4.78, 5) is 4.37. The predicted octanol–water partition coefficient (Wildman–Crippen LogP) is 18.2. The van der Waals surface area contributed by atoms with Gasteiger partial charge < -0.3 is 0 Å². The lowest BCUT2D eigenvalue weighted by atomic mass is 10.0. The monoisotopic (exact) mass is 768 g/mol. The summed E-state index contributed by atoms with van der Waals surface area (Å²) in [5.41, 5.74) is 4.52. The SMILES string of the molecule is CCCCCCCCCCCCc1ccc([S+](c2ccc(CCCCCCCCCCCC)cc2)c2ccc(CCCCCCCCCCCC)cc2)cc1. The van der Waals surface area contributed by atoms with Crippen LogP contribution in [0.15, 0.2) is 87.5 Å². The topological polar surface area (TPSA) is 0 Å². The molecule has 0 heterocycles. The fourth-order valence-corrected chi connectivity index (χ4v) is 10.3. The standard InChI is InChI=1S/C54H87S/c1-4-7-10-13-16-19-22-25-28-31-34-49-37-43-52(44-38-49)55(53-45-39-50(40-46-53)35-32-29-26-23-20-17-14-11-8-5-2)54-47-41-51(42-48-54)36-33-30-27-24-21-18-15-12-9-6-3/h37-48H,4-36H2,1-3H3/q+1. The van der Waals surface area contributed by atoms with Crippen LogP contribution in [0.3, 0.4) is 0 Å². The summed E-state index contributed by atoms with van der Waals surface area (Å²) in [7, 11) is -0.0833. The second-order valence-electron chi connectivity index (χ2n) is 17.0. The van der Waals surface area contributed by atoms with Crippen LogP contribution in [0.4, 0.5) is 0 Å². The van der Waals surface area contributed by atoms with E-state index in [4.69, 9.17) is 0 Å². The van der Waals surface area contributed by atoms with Crippen LogP contribution in [-0.4, -0.2) is 0 Å². The van der Waals surface area contributed by atoms with Crippen molar-refractivity contribution in [1.29, 1.82) is 0 Å². The van der Waals surface area contributed by atoms with Crippen LogP contribution in [0.25, 0.3) is 0 Å². The number of hydrogen-bond acceptors (Lipinski definition) is 0. The van der Waals surface area contributed by atoms with Crippen LogP contribution in [0.1, 0.15) is 230 Å². The molecule has 3 aromatic rings. The van der Waals surface area contributed by atoms with Crippen molar-refractivity contribution in [2.75, 3.05) is 0 Å². The minimum Gasteiger partial charge on any atom is -0.0654 e. The molecule has 0 radical (unpaired) electrons. The van der Waals surface area contributed by atoms with Crippen molar-refractivity contribution >= 4 is 10.9 Å². The first kappa shape index (κ1) is 47.4. The molecule has 0 saturated carbocycles. The summed E-state index contributed by atoms with van der Waals surface area (Å²) < 4.78 is 0. The van der Waals surface area contributed by atoms with Gasteiger partial charge in [0.1, 0.15) is 0 Å². The first-order valence-electron chi connectivity index (χ1n) is 24.3. The van der Waals surface area contributed by atoms with Crippen LogP contribution in [-0.2, 0) is 30.2 Å². The summed E-state index contributed by atoms with van der Waals surface area (Å²) in [6, 6.07) is 29.3. The van der Waals surface area contributed by atoms with E-state index in [1.54, 1.807) is 0 Å². The number of hydrogen-bond donors (Lipinski definition) is 0. The Morgan fingerprint density at radius 1 is 0.236 bits per heavy atom. The fraction of sp³-hybridized carbons (Fsp3) is 0.667. The van der Waals surface area contributed by atoms with Gasteiger partial charge in [0, 0.05) is 0 Å². The Bertz CT molecular complexity index is 1100. The molecular formula is C54H87S+. The van der Waals surface area contributed by atoms with Crippen molar-refractivity contribution < 1.29 is 0 Å². The van der Waals surface area contributed by atoms with Crippen LogP contribution < -0.4 is 0 Å². The van der Waals surface area contributed by atoms with E-state index in [-0.39, 0.29) is 10.9 Å². The molecule has 0 spiro atoms. The Balaban J connectivity index is 1.52. The lowest BCUT2D eigenvalue weighted by molar-refractivity contribution is 0.556. The maximum atomic E-state index is 2.45. The average Bonchev–Trinajstić information content (AvgIpc) is 3.21. The molecule has 0 aromatic heterocycles. The highest BCUT2D eigenvalue weighted by Gasteiger charge is 2.28. The first-order valence-corrected chi connectivity index (χ1v) is 25.5. The van der Waals surface area contributed by atoms with Gasteiger partial charge in [-0.3, -0.25) is 0 Å². The number of benzene rings is 3. The quantitative estimate of drug-likeness (QED) is 0.0408. The number of rotatable bonds is 36. The summed E-state index contributed by atoms with van der Waals surface area (Å²) in [6.45, 7) is 6.92. The van der Waals surface area contributed by atoms with Crippen LogP contribution in [0.5, 0.6) is 0 Å². The molecule has 0 unspecified atom stereocenters. The minimum absolute atomic E-state index is 0.0833. The van der Waals surface area contributed by atoms with Gasteiger partial charge in [0.25, 0.3) is 0 Å². The van der Waals surface area contributed by atoms with E-state index < -0.39 is 0 Å². The molecule has 0 amide bonds. The van der Waals surface area contributed by atoms with E-state index in [1.165, 1.54) is 243 Å². The summed E-state index contributed by atoms with van der Waals surface area (Å²) in [5, 5.41) is 0. The zero-order valence-corrected chi connectivity index (χ0v) is 37.5. The van der Waals surface area contributed by atoms with Crippen molar-refractivity contribution in [1.82, 2.24) is 0 Å². The van der Waals surface area contributed by atoms with Crippen molar-refractivity contribution in [3.05, 3.63) is 89.5 Å². The third-order valence-electron chi connectivity index (χ3n) is 11.9. The molecule has 55 heavy (non-hydrogen) atoms.